The van der Waals surface area contributed by atoms with Gasteiger partial charge in [0.2, 0.25) is 5.91 Å². The molecule has 0 bridgehead atoms. The molecule has 1 amide bonds. The summed E-state index contributed by atoms with van der Waals surface area (Å²) < 4.78 is 0. The predicted octanol–water partition coefficient (Wildman–Crippen LogP) is -0.467. The molecule has 0 spiro atoms. The van der Waals surface area contributed by atoms with Gasteiger partial charge in [0.25, 0.3) is 0 Å². The van der Waals surface area contributed by atoms with Crippen molar-refractivity contribution in [3.63, 3.8) is 0 Å². The van der Waals surface area contributed by atoms with Crippen LogP contribution in [0.5, 0.6) is 0 Å². The lowest BCUT2D eigenvalue weighted by atomic mass is 10.1. The summed E-state index contributed by atoms with van der Waals surface area (Å²) in [6.45, 7) is 4.54. The number of rotatable bonds is 3. The van der Waals surface area contributed by atoms with Gasteiger partial charge in [-0.25, -0.2) is 0 Å². The van der Waals surface area contributed by atoms with E-state index in [0.29, 0.717) is 12.5 Å². The topological polar surface area (TPSA) is 43.8 Å². The fourth-order valence-electron chi connectivity index (χ4n) is 2.06. The van der Waals surface area contributed by atoms with Gasteiger partial charge in [0.15, 0.2) is 0 Å². The van der Waals surface area contributed by atoms with Crippen molar-refractivity contribution in [3.8, 4) is 0 Å². The third-order valence-corrected chi connectivity index (χ3v) is 3.20. The average Bonchev–Trinajstić information content (AvgIpc) is 2.48. The van der Waals surface area contributed by atoms with Crippen LogP contribution in [0, 0.1) is 5.92 Å². The van der Waals surface area contributed by atoms with Crippen LogP contribution in [0.4, 0.5) is 0 Å². The van der Waals surface area contributed by atoms with Crippen molar-refractivity contribution >= 4 is 5.91 Å². The molecular formula is C10H18N2O2. The first-order valence-electron chi connectivity index (χ1n) is 5.40. The van der Waals surface area contributed by atoms with Crippen LogP contribution >= 0.6 is 0 Å². The lowest BCUT2D eigenvalue weighted by Crippen LogP contribution is -2.46. The average molecular weight is 198 g/mol. The highest BCUT2D eigenvalue weighted by atomic mass is 16.3. The van der Waals surface area contributed by atoms with E-state index < -0.39 is 0 Å². The number of amides is 1. The number of hydrogen-bond donors (Lipinski definition) is 1. The summed E-state index contributed by atoms with van der Waals surface area (Å²) in [6.07, 6.45) is 2.19. The van der Waals surface area contributed by atoms with Crippen molar-refractivity contribution in [1.29, 1.82) is 0 Å². The third kappa shape index (κ3) is 2.07. The van der Waals surface area contributed by atoms with Crippen LogP contribution in [0.15, 0.2) is 0 Å². The number of aliphatic hydroxyl groups excluding tert-OH is 1. The van der Waals surface area contributed by atoms with Crippen LogP contribution in [-0.4, -0.2) is 60.1 Å². The molecule has 0 radical (unpaired) electrons. The highest BCUT2D eigenvalue weighted by Gasteiger charge is 2.26. The summed E-state index contributed by atoms with van der Waals surface area (Å²) in [5.74, 6) is 0.647. The smallest absolute Gasteiger partial charge is 0.236 e. The van der Waals surface area contributed by atoms with Crippen molar-refractivity contribution in [2.24, 2.45) is 5.92 Å². The van der Waals surface area contributed by atoms with E-state index in [4.69, 9.17) is 5.11 Å². The first kappa shape index (κ1) is 9.93. The fourth-order valence-corrected chi connectivity index (χ4v) is 2.06. The third-order valence-electron chi connectivity index (χ3n) is 3.20. The maximum atomic E-state index is 11.6. The molecule has 2 rings (SSSR count). The monoisotopic (exact) mass is 198 g/mol. The molecular weight excluding hydrogens is 180 g/mol. The number of likely N-dealkylation sites (tertiary alicyclic amines) is 2. The molecule has 4 heteroatoms. The number of nitrogens with zero attached hydrogens (tertiary/aromatic N) is 2. The largest absolute Gasteiger partial charge is 0.396 e. The van der Waals surface area contributed by atoms with Gasteiger partial charge in [0.1, 0.15) is 0 Å². The molecule has 2 heterocycles. The summed E-state index contributed by atoms with van der Waals surface area (Å²) in [5.41, 5.74) is 0. The minimum absolute atomic E-state index is 0.258. The Hall–Kier alpha value is -0.610. The molecule has 1 unspecified atom stereocenters. The second kappa shape index (κ2) is 4.28. The Balaban J connectivity index is 1.72. The zero-order valence-electron chi connectivity index (χ0n) is 8.48. The van der Waals surface area contributed by atoms with E-state index >= 15 is 0 Å². The standard InChI is InChI=1S/C10H18N2O2/c13-8-9-2-5-11(6-9)7-10(14)12-3-1-4-12/h9,13H,1-8H2. The molecule has 4 nitrogen and oxygen atoms in total. The van der Waals surface area contributed by atoms with Gasteiger partial charge in [0.05, 0.1) is 6.54 Å². The highest BCUT2D eigenvalue weighted by Crippen LogP contribution is 2.16. The van der Waals surface area contributed by atoms with Crippen LogP contribution in [0.3, 0.4) is 0 Å². The maximum Gasteiger partial charge on any atom is 0.236 e. The van der Waals surface area contributed by atoms with Gasteiger partial charge >= 0.3 is 0 Å². The predicted molar refractivity (Wildman–Crippen MR) is 52.8 cm³/mol. The molecule has 2 saturated heterocycles. The van der Waals surface area contributed by atoms with E-state index in [-0.39, 0.29) is 12.5 Å². The van der Waals surface area contributed by atoms with Crippen molar-refractivity contribution in [2.75, 3.05) is 39.3 Å². The van der Waals surface area contributed by atoms with Gasteiger partial charge in [0, 0.05) is 26.2 Å². The van der Waals surface area contributed by atoms with Crippen molar-refractivity contribution in [3.05, 3.63) is 0 Å². The van der Waals surface area contributed by atoms with Crippen LogP contribution in [0.1, 0.15) is 12.8 Å². The molecule has 1 atom stereocenters. The Morgan fingerprint density at radius 1 is 1.36 bits per heavy atom. The van der Waals surface area contributed by atoms with Gasteiger partial charge in [-0.3, -0.25) is 9.69 Å². The van der Waals surface area contributed by atoms with Crippen molar-refractivity contribution in [2.45, 2.75) is 12.8 Å². The van der Waals surface area contributed by atoms with Gasteiger partial charge in [-0.2, -0.15) is 0 Å². The van der Waals surface area contributed by atoms with E-state index in [1.54, 1.807) is 0 Å². The molecule has 1 N–H and O–H groups in total. The van der Waals surface area contributed by atoms with Gasteiger partial charge in [-0.15, -0.1) is 0 Å². The van der Waals surface area contributed by atoms with Gasteiger partial charge in [-0.05, 0) is 25.3 Å². The minimum Gasteiger partial charge on any atom is -0.396 e. The summed E-state index contributed by atoms with van der Waals surface area (Å²) in [7, 11) is 0. The lowest BCUT2D eigenvalue weighted by Gasteiger charge is -2.32. The second-order valence-electron chi connectivity index (χ2n) is 4.31. The molecule has 0 aromatic rings. The lowest BCUT2D eigenvalue weighted by molar-refractivity contribution is -0.135. The molecule has 2 fully saturated rings. The molecule has 2 aliphatic rings. The number of aliphatic hydroxyl groups is 1. The van der Waals surface area contributed by atoms with E-state index in [1.165, 1.54) is 0 Å². The van der Waals surface area contributed by atoms with E-state index in [1.807, 2.05) is 4.90 Å². The Morgan fingerprint density at radius 2 is 2.14 bits per heavy atom. The van der Waals surface area contributed by atoms with Gasteiger partial charge in [-0.1, -0.05) is 0 Å². The molecule has 0 aromatic heterocycles. The molecule has 14 heavy (non-hydrogen) atoms. The SMILES string of the molecule is O=C(CN1CCC(CO)C1)N1CCC1. The first-order chi connectivity index (χ1) is 6.79. The number of carbonyl (C=O) groups is 1. The van der Waals surface area contributed by atoms with Crippen LogP contribution in [0.2, 0.25) is 0 Å². The number of hydrogen-bond acceptors (Lipinski definition) is 3. The van der Waals surface area contributed by atoms with Crippen molar-refractivity contribution < 1.29 is 9.90 Å². The molecule has 0 aromatic carbocycles. The molecule has 80 valence electrons. The zero-order valence-corrected chi connectivity index (χ0v) is 8.48. The molecule has 2 aliphatic heterocycles. The van der Waals surface area contributed by atoms with Crippen LogP contribution in [0.25, 0.3) is 0 Å². The van der Waals surface area contributed by atoms with E-state index in [2.05, 4.69) is 4.90 Å². The summed E-state index contributed by atoms with van der Waals surface area (Å²) >= 11 is 0. The highest BCUT2D eigenvalue weighted by molar-refractivity contribution is 5.78. The fraction of sp³-hybridized carbons (Fsp3) is 0.900. The first-order valence-corrected chi connectivity index (χ1v) is 5.40. The minimum atomic E-state index is 0.258. The van der Waals surface area contributed by atoms with E-state index in [9.17, 15) is 4.79 Å². The van der Waals surface area contributed by atoms with Crippen LogP contribution < -0.4 is 0 Å². The zero-order chi connectivity index (χ0) is 9.97. The Kier molecular flexibility index (Phi) is 3.03. The second-order valence-corrected chi connectivity index (χ2v) is 4.31. The van der Waals surface area contributed by atoms with Crippen molar-refractivity contribution in [1.82, 2.24) is 9.80 Å². The van der Waals surface area contributed by atoms with Crippen LogP contribution in [-0.2, 0) is 4.79 Å². The summed E-state index contributed by atoms with van der Waals surface area (Å²) in [4.78, 5) is 15.7. The molecule has 0 aliphatic carbocycles. The maximum absolute atomic E-state index is 11.6. The quantitative estimate of drug-likeness (QED) is 0.667. The Morgan fingerprint density at radius 3 is 2.64 bits per heavy atom. The summed E-state index contributed by atoms with van der Waals surface area (Å²) in [5, 5.41) is 8.96. The normalized spacial score (nSPS) is 27.8. The van der Waals surface area contributed by atoms with Gasteiger partial charge < -0.3 is 10.0 Å². The Bertz CT molecular complexity index is 216. The molecule has 0 saturated carbocycles. The van der Waals surface area contributed by atoms with E-state index in [0.717, 1.165) is 39.0 Å². The Labute approximate surface area is 84.5 Å². The number of carbonyl (C=O) groups excluding carboxylic acids is 1. The summed E-state index contributed by atoms with van der Waals surface area (Å²) in [6, 6.07) is 0.